The molecule has 144 valence electrons. The van der Waals surface area contributed by atoms with Crippen molar-refractivity contribution >= 4 is 17.8 Å². The van der Waals surface area contributed by atoms with E-state index in [1.165, 1.54) is 5.57 Å². The third-order valence-electron chi connectivity index (χ3n) is 7.38. The zero-order valence-corrected chi connectivity index (χ0v) is 14.8. The van der Waals surface area contributed by atoms with E-state index in [4.69, 9.17) is 4.74 Å². The van der Waals surface area contributed by atoms with Gasteiger partial charge < -0.3 is 20.3 Å². The summed E-state index contributed by atoms with van der Waals surface area (Å²) < 4.78 is 6.00. The highest BCUT2D eigenvalue weighted by Crippen LogP contribution is 2.60. The molecule has 5 aliphatic rings. The van der Waals surface area contributed by atoms with Crippen molar-refractivity contribution in [3.63, 3.8) is 0 Å². The Labute approximate surface area is 155 Å². The van der Waals surface area contributed by atoms with Gasteiger partial charge in [0.1, 0.15) is 0 Å². The second-order valence-corrected chi connectivity index (χ2v) is 8.30. The lowest BCUT2D eigenvalue weighted by Crippen LogP contribution is -2.70. The summed E-state index contributed by atoms with van der Waals surface area (Å²) in [6, 6.07) is -0.513. The minimum absolute atomic E-state index is 0.0236. The minimum Gasteiger partial charge on any atom is -0.478 e. The minimum atomic E-state index is -1.27. The maximum Gasteiger partial charge on any atom is 0.332 e. The van der Waals surface area contributed by atoms with Gasteiger partial charge in [-0.2, -0.15) is 0 Å². The first-order chi connectivity index (χ1) is 12.9. The SMILES string of the molecule is O=C(O)/C=C(/C(=O)O)[C@@]12CCN3CC4=CCO[C@@H]5CC(=O)N[C@@H]1[C@@H]5[C@@H]4C[C@@H]32. The van der Waals surface area contributed by atoms with Crippen LogP contribution >= 0.6 is 0 Å². The second-order valence-electron chi connectivity index (χ2n) is 8.30. The number of carboxylic acids is 2. The standard InChI is InChI=1S/C19H22N2O6/c22-14-7-12-16-10-5-13-19(17(16)20-14,11(18(25)26)6-15(23)24)2-3-21(13)8-9(10)1-4-27-12/h1,6,10,12-13,16-17H,2-5,7-8H2,(H,20,22)(H,23,24)(H,25,26)/b11-6-/t10-,12-,13-,16-,17-,19-/m1/s1. The van der Waals surface area contributed by atoms with Gasteiger partial charge in [-0.1, -0.05) is 11.6 Å². The molecule has 1 amide bonds. The predicted molar refractivity (Wildman–Crippen MR) is 91.7 cm³/mol. The van der Waals surface area contributed by atoms with Crippen molar-refractivity contribution in [2.75, 3.05) is 19.7 Å². The molecular formula is C19H22N2O6. The molecule has 8 heteroatoms. The third-order valence-corrected chi connectivity index (χ3v) is 7.38. The lowest BCUT2D eigenvalue weighted by molar-refractivity contribution is -0.147. The first-order valence-corrected chi connectivity index (χ1v) is 9.44. The largest absolute Gasteiger partial charge is 0.478 e. The van der Waals surface area contributed by atoms with E-state index in [1.54, 1.807) is 0 Å². The summed E-state index contributed by atoms with van der Waals surface area (Å²) >= 11 is 0. The van der Waals surface area contributed by atoms with Gasteiger partial charge in [-0.15, -0.1) is 0 Å². The normalized spacial score (nSPS) is 42.8. The number of carbonyl (C=O) groups excluding carboxylic acids is 1. The molecule has 3 saturated heterocycles. The number of fused-ring (bicyclic) bond motifs is 1. The van der Waals surface area contributed by atoms with Crippen molar-refractivity contribution in [3.8, 4) is 0 Å². The number of rotatable bonds is 3. The molecule has 4 fully saturated rings. The predicted octanol–water partition coefficient (Wildman–Crippen LogP) is 0.00610. The fourth-order valence-corrected chi connectivity index (χ4v) is 6.53. The van der Waals surface area contributed by atoms with Gasteiger partial charge in [-0.3, -0.25) is 9.69 Å². The zero-order valence-electron chi connectivity index (χ0n) is 14.8. The molecular weight excluding hydrogens is 352 g/mol. The quantitative estimate of drug-likeness (QED) is 0.470. The van der Waals surface area contributed by atoms with Gasteiger partial charge in [-0.25, -0.2) is 9.59 Å². The van der Waals surface area contributed by atoms with Crippen LogP contribution in [0.4, 0.5) is 0 Å². The van der Waals surface area contributed by atoms with Gasteiger partial charge in [0.25, 0.3) is 0 Å². The van der Waals surface area contributed by atoms with Crippen LogP contribution in [0.15, 0.2) is 23.3 Å². The topological polar surface area (TPSA) is 116 Å². The Bertz CT molecular complexity index is 804. The van der Waals surface area contributed by atoms with Crippen LogP contribution in [-0.4, -0.2) is 70.8 Å². The molecule has 0 spiro atoms. The molecule has 2 bridgehead atoms. The monoisotopic (exact) mass is 374 g/mol. The Balaban J connectivity index is 1.72. The fraction of sp³-hybridized carbons (Fsp3) is 0.632. The van der Waals surface area contributed by atoms with E-state index >= 15 is 0 Å². The molecule has 5 rings (SSSR count). The molecule has 8 nitrogen and oxygen atoms in total. The van der Waals surface area contributed by atoms with Crippen LogP contribution in [0, 0.1) is 17.3 Å². The van der Waals surface area contributed by atoms with E-state index < -0.39 is 23.4 Å². The summed E-state index contributed by atoms with van der Waals surface area (Å²) in [6.45, 7) is 1.93. The lowest BCUT2D eigenvalue weighted by Gasteiger charge is -2.59. The number of hydrogen-bond acceptors (Lipinski definition) is 5. The lowest BCUT2D eigenvalue weighted by atomic mass is 9.52. The van der Waals surface area contributed by atoms with E-state index in [0.717, 1.165) is 19.0 Å². The van der Waals surface area contributed by atoms with Crippen LogP contribution in [0.2, 0.25) is 0 Å². The summed E-state index contributed by atoms with van der Waals surface area (Å²) in [6.07, 6.45) is 4.29. The molecule has 0 unspecified atom stereocenters. The van der Waals surface area contributed by atoms with E-state index in [9.17, 15) is 24.6 Å². The van der Waals surface area contributed by atoms with Gasteiger partial charge in [0.15, 0.2) is 0 Å². The maximum absolute atomic E-state index is 12.5. The number of aliphatic carboxylic acids is 2. The Morgan fingerprint density at radius 3 is 2.93 bits per heavy atom. The molecule has 0 aromatic rings. The number of nitrogens with one attached hydrogen (secondary N) is 1. The first-order valence-electron chi connectivity index (χ1n) is 9.44. The Morgan fingerprint density at radius 1 is 1.37 bits per heavy atom. The smallest absolute Gasteiger partial charge is 0.332 e. The molecule has 0 radical (unpaired) electrons. The highest BCUT2D eigenvalue weighted by molar-refractivity contribution is 5.96. The van der Waals surface area contributed by atoms with E-state index in [-0.39, 0.29) is 41.9 Å². The molecule has 0 aromatic carbocycles. The van der Waals surface area contributed by atoms with Gasteiger partial charge in [0, 0.05) is 36.0 Å². The summed E-state index contributed by atoms with van der Waals surface area (Å²) in [5, 5.41) is 22.3. The van der Waals surface area contributed by atoms with Crippen LogP contribution in [-0.2, 0) is 19.1 Å². The van der Waals surface area contributed by atoms with E-state index in [1.807, 2.05) is 0 Å². The first kappa shape index (κ1) is 16.9. The Kier molecular flexibility index (Phi) is 3.55. The van der Waals surface area contributed by atoms with Crippen LogP contribution < -0.4 is 5.32 Å². The summed E-state index contributed by atoms with van der Waals surface area (Å²) in [5.41, 5.74) is 0.317. The number of amides is 1. The van der Waals surface area contributed by atoms with Crippen molar-refractivity contribution in [1.82, 2.24) is 10.2 Å². The van der Waals surface area contributed by atoms with Gasteiger partial charge in [0.05, 0.1) is 24.7 Å². The molecule has 1 aliphatic carbocycles. The fourth-order valence-electron chi connectivity index (χ4n) is 6.53. The Hall–Kier alpha value is -2.19. The molecule has 27 heavy (non-hydrogen) atoms. The van der Waals surface area contributed by atoms with Gasteiger partial charge >= 0.3 is 11.9 Å². The Morgan fingerprint density at radius 2 is 2.19 bits per heavy atom. The molecule has 4 aliphatic heterocycles. The maximum atomic E-state index is 12.5. The van der Waals surface area contributed by atoms with Crippen LogP contribution in [0.5, 0.6) is 0 Å². The van der Waals surface area contributed by atoms with Crippen LogP contribution in [0.25, 0.3) is 0 Å². The average Bonchev–Trinajstić information content (AvgIpc) is 2.90. The number of carbonyl (C=O) groups is 3. The molecule has 3 N–H and O–H groups in total. The number of ether oxygens (including phenoxy) is 1. The van der Waals surface area contributed by atoms with Crippen molar-refractivity contribution in [2.45, 2.75) is 37.5 Å². The van der Waals surface area contributed by atoms with E-state index in [2.05, 4.69) is 16.3 Å². The third kappa shape index (κ3) is 2.20. The summed E-state index contributed by atoms with van der Waals surface area (Å²) in [5.74, 6) is -2.41. The van der Waals surface area contributed by atoms with Crippen LogP contribution in [0.1, 0.15) is 19.3 Å². The summed E-state index contributed by atoms with van der Waals surface area (Å²) in [4.78, 5) is 38.3. The number of nitrogens with zero attached hydrogens (tertiary/aromatic N) is 1. The molecule has 6 atom stereocenters. The highest BCUT2D eigenvalue weighted by atomic mass is 16.5. The zero-order chi connectivity index (χ0) is 18.9. The second kappa shape index (κ2) is 5.65. The van der Waals surface area contributed by atoms with Crippen molar-refractivity contribution in [2.24, 2.45) is 17.3 Å². The summed E-state index contributed by atoms with van der Waals surface area (Å²) in [7, 11) is 0. The highest BCUT2D eigenvalue weighted by Gasteiger charge is 2.67. The number of piperidine rings is 2. The van der Waals surface area contributed by atoms with Crippen LogP contribution in [0.3, 0.4) is 0 Å². The van der Waals surface area contributed by atoms with Crippen molar-refractivity contribution in [1.29, 1.82) is 0 Å². The van der Waals surface area contributed by atoms with Crippen molar-refractivity contribution in [3.05, 3.63) is 23.3 Å². The van der Waals surface area contributed by atoms with Gasteiger partial charge in [0.2, 0.25) is 5.91 Å². The number of hydrogen-bond donors (Lipinski definition) is 3. The average molecular weight is 374 g/mol. The number of carboxylic acid groups (broad SMARTS) is 2. The van der Waals surface area contributed by atoms with E-state index in [0.29, 0.717) is 19.6 Å². The molecule has 0 aromatic heterocycles. The molecule has 1 saturated carbocycles. The molecule has 4 heterocycles. The van der Waals surface area contributed by atoms with Gasteiger partial charge in [-0.05, 0) is 25.3 Å². The van der Waals surface area contributed by atoms with Crippen molar-refractivity contribution < 1.29 is 29.3 Å².